The number of benzene rings is 1. The summed E-state index contributed by atoms with van der Waals surface area (Å²) >= 11 is 0. The van der Waals surface area contributed by atoms with Crippen LogP contribution < -0.4 is 20.7 Å². The summed E-state index contributed by atoms with van der Waals surface area (Å²) in [6.07, 6.45) is 3.17. The molecule has 3 amide bonds. The van der Waals surface area contributed by atoms with E-state index in [1.165, 1.54) is 0 Å². The van der Waals surface area contributed by atoms with Gasteiger partial charge < -0.3 is 20.7 Å². The van der Waals surface area contributed by atoms with E-state index in [1.54, 1.807) is 12.3 Å². The summed E-state index contributed by atoms with van der Waals surface area (Å²) < 4.78 is 6.29. The monoisotopic (exact) mass is 486 g/mol. The number of hydrogen-bond donors (Lipinski definition) is 3. The molecule has 1 aromatic carbocycles. The molecule has 4 unspecified atom stereocenters. The van der Waals surface area contributed by atoms with Gasteiger partial charge in [0.1, 0.15) is 23.9 Å². The van der Waals surface area contributed by atoms with E-state index < -0.39 is 30.1 Å². The number of carbonyl (C=O) groups excluding carboxylic acids is 3. The Bertz CT molecular complexity index is 885. The lowest BCUT2D eigenvalue weighted by molar-refractivity contribution is -0.136. The van der Waals surface area contributed by atoms with Crippen molar-refractivity contribution in [2.45, 2.75) is 72.2 Å². The van der Waals surface area contributed by atoms with Gasteiger partial charge in [0.15, 0.2) is 0 Å². The van der Waals surface area contributed by atoms with Gasteiger partial charge >= 0.3 is 0 Å². The molecule has 8 heteroatoms. The average molecular weight is 487 g/mol. The number of fused-ring (bicyclic) bond motifs is 10. The molecule has 8 nitrogen and oxygen atoms in total. The summed E-state index contributed by atoms with van der Waals surface area (Å²) in [7, 11) is 3.68. The van der Waals surface area contributed by atoms with Gasteiger partial charge in [0.25, 0.3) is 0 Å². The summed E-state index contributed by atoms with van der Waals surface area (Å²) in [6.45, 7) is 11.8. The predicted octanol–water partition coefficient (Wildman–Crippen LogP) is 2.79. The Morgan fingerprint density at radius 3 is 2.17 bits per heavy atom. The molecule has 0 saturated heterocycles. The Labute approximate surface area is 209 Å². The molecule has 0 radical (unpaired) electrons. The second-order valence-corrected chi connectivity index (χ2v) is 10.6. The first-order valence-electron chi connectivity index (χ1n) is 12.4. The van der Waals surface area contributed by atoms with E-state index in [0.29, 0.717) is 12.2 Å². The van der Waals surface area contributed by atoms with Gasteiger partial charge in [-0.2, -0.15) is 0 Å². The standard InChI is InChI=1S/C27H42N4O4/c1-16(2)15-21-25(32)28-14-13-19-9-11-20(12-10-19)35-24(18(5)6)22(26(33)29-21)30-27(34)23(17(3)4)31(7)8/h9-14,16-18,21-24H,15H2,1-8H3,(H,28,32)(H,29,33)(H,30,34)/b14-13-. The summed E-state index contributed by atoms with van der Waals surface area (Å²) in [5, 5.41) is 8.62. The molecule has 3 N–H and O–H groups in total. The molecule has 1 aromatic rings. The van der Waals surface area contributed by atoms with Crippen LogP contribution in [0.15, 0.2) is 30.5 Å². The Morgan fingerprint density at radius 1 is 1.03 bits per heavy atom. The molecule has 3 rings (SSSR count). The first kappa shape index (κ1) is 28.4. The summed E-state index contributed by atoms with van der Waals surface area (Å²) in [5.74, 6) is -0.319. The molecule has 2 heterocycles. The van der Waals surface area contributed by atoms with Crippen LogP contribution in [0.3, 0.4) is 0 Å². The molecule has 0 aliphatic carbocycles. The van der Waals surface area contributed by atoms with Crippen LogP contribution in [-0.4, -0.2) is 60.9 Å². The Kier molecular flexibility index (Phi) is 10.3. The molecule has 4 atom stereocenters. The minimum absolute atomic E-state index is 0.0313. The number of amides is 3. The molecule has 35 heavy (non-hydrogen) atoms. The smallest absolute Gasteiger partial charge is 0.247 e. The van der Waals surface area contributed by atoms with Gasteiger partial charge in [-0.05, 0) is 62.0 Å². The second-order valence-electron chi connectivity index (χ2n) is 10.6. The zero-order valence-corrected chi connectivity index (χ0v) is 22.3. The van der Waals surface area contributed by atoms with E-state index in [-0.39, 0.29) is 29.6 Å². The third kappa shape index (κ3) is 8.09. The van der Waals surface area contributed by atoms with Crippen molar-refractivity contribution in [2.24, 2.45) is 17.8 Å². The minimum atomic E-state index is -0.996. The number of rotatable bonds is 7. The second kappa shape index (κ2) is 12.7. The van der Waals surface area contributed by atoms with E-state index in [4.69, 9.17) is 4.74 Å². The van der Waals surface area contributed by atoms with Crippen LogP contribution in [0, 0.1) is 17.8 Å². The summed E-state index contributed by atoms with van der Waals surface area (Å²) in [4.78, 5) is 41.8. The van der Waals surface area contributed by atoms with Gasteiger partial charge in [0.2, 0.25) is 17.7 Å². The number of carbonyl (C=O) groups is 3. The van der Waals surface area contributed by atoms with Crippen molar-refractivity contribution >= 4 is 23.8 Å². The first-order valence-corrected chi connectivity index (χ1v) is 12.4. The number of hydrogen-bond acceptors (Lipinski definition) is 5. The van der Waals surface area contributed by atoms with Gasteiger partial charge in [-0.25, -0.2) is 0 Å². The SMILES string of the molecule is CC(C)CC1NC(=O)C(NC(=O)C(C(C)C)N(C)C)C(C(C)C)Oc2ccc(cc2)/C=C\NC1=O. The molecule has 0 aromatic heterocycles. The average Bonchev–Trinajstić information content (AvgIpc) is 2.75. The highest BCUT2D eigenvalue weighted by Gasteiger charge is 2.38. The van der Waals surface area contributed by atoms with Gasteiger partial charge in [0, 0.05) is 6.20 Å². The molecule has 2 aliphatic rings. The largest absolute Gasteiger partial charge is 0.487 e. The van der Waals surface area contributed by atoms with E-state index in [9.17, 15) is 14.4 Å². The Morgan fingerprint density at radius 2 is 1.66 bits per heavy atom. The number of nitrogens with zero attached hydrogens (tertiary/aromatic N) is 1. The van der Waals surface area contributed by atoms with Gasteiger partial charge in [-0.15, -0.1) is 0 Å². The minimum Gasteiger partial charge on any atom is -0.487 e. The molecule has 2 aliphatic heterocycles. The summed E-state index contributed by atoms with van der Waals surface area (Å²) in [5.41, 5.74) is 0.899. The zero-order valence-electron chi connectivity index (χ0n) is 22.3. The fourth-order valence-electron chi connectivity index (χ4n) is 4.36. The van der Waals surface area contributed by atoms with Crippen molar-refractivity contribution in [1.29, 1.82) is 0 Å². The maximum Gasteiger partial charge on any atom is 0.247 e. The highest BCUT2D eigenvalue weighted by molar-refractivity contribution is 5.94. The molecule has 0 fully saturated rings. The molecular weight excluding hydrogens is 444 g/mol. The van der Waals surface area contributed by atoms with Crippen molar-refractivity contribution in [1.82, 2.24) is 20.9 Å². The third-order valence-electron chi connectivity index (χ3n) is 6.02. The first-order chi connectivity index (χ1) is 16.4. The van der Waals surface area contributed by atoms with Crippen molar-refractivity contribution in [3.05, 3.63) is 36.0 Å². The van der Waals surface area contributed by atoms with Crippen LogP contribution >= 0.6 is 0 Å². The van der Waals surface area contributed by atoms with Crippen molar-refractivity contribution in [3.8, 4) is 5.75 Å². The molecule has 0 saturated carbocycles. The quantitative estimate of drug-likeness (QED) is 0.550. The maximum atomic E-state index is 13.7. The van der Waals surface area contributed by atoms with Crippen molar-refractivity contribution in [3.63, 3.8) is 0 Å². The van der Waals surface area contributed by atoms with Gasteiger partial charge in [0.05, 0.1) is 6.04 Å². The lowest BCUT2D eigenvalue weighted by Crippen LogP contribution is -2.62. The highest BCUT2D eigenvalue weighted by atomic mass is 16.5. The van der Waals surface area contributed by atoms with Gasteiger partial charge in [-0.3, -0.25) is 19.3 Å². The van der Waals surface area contributed by atoms with E-state index in [2.05, 4.69) is 16.0 Å². The fourth-order valence-corrected chi connectivity index (χ4v) is 4.36. The third-order valence-corrected chi connectivity index (χ3v) is 6.02. The normalized spacial score (nSPS) is 23.0. The van der Waals surface area contributed by atoms with E-state index in [1.807, 2.05) is 84.8 Å². The molecule has 0 spiro atoms. The van der Waals surface area contributed by atoms with Crippen molar-refractivity contribution in [2.75, 3.05) is 14.1 Å². The van der Waals surface area contributed by atoms with Crippen LogP contribution in [0.25, 0.3) is 6.08 Å². The van der Waals surface area contributed by atoms with E-state index in [0.717, 1.165) is 5.56 Å². The van der Waals surface area contributed by atoms with Crippen LogP contribution in [-0.2, 0) is 14.4 Å². The molecule has 194 valence electrons. The Hall–Kier alpha value is -2.87. The maximum absolute atomic E-state index is 13.7. The number of ether oxygens (including phenoxy) is 1. The summed E-state index contributed by atoms with van der Waals surface area (Å²) in [6, 6.07) is 5.21. The van der Waals surface area contributed by atoms with E-state index >= 15 is 0 Å². The topological polar surface area (TPSA) is 99.8 Å². The van der Waals surface area contributed by atoms with Crippen LogP contribution in [0.2, 0.25) is 0 Å². The number of likely N-dealkylation sites (N-methyl/N-ethyl adjacent to an activating group) is 1. The molecule has 2 bridgehead atoms. The van der Waals surface area contributed by atoms with Gasteiger partial charge in [-0.1, -0.05) is 53.7 Å². The fraction of sp³-hybridized carbons (Fsp3) is 0.593. The lowest BCUT2D eigenvalue weighted by Gasteiger charge is -2.34. The zero-order chi connectivity index (χ0) is 26.3. The highest BCUT2D eigenvalue weighted by Crippen LogP contribution is 2.21. The Balaban J connectivity index is 2.52. The lowest BCUT2D eigenvalue weighted by atomic mass is 9.95. The predicted molar refractivity (Wildman–Crippen MR) is 139 cm³/mol. The van der Waals surface area contributed by atoms with Crippen molar-refractivity contribution < 1.29 is 19.1 Å². The van der Waals surface area contributed by atoms with Crippen LogP contribution in [0.4, 0.5) is 0 Å². The molecular formula is C27H42N4O4. The number of nitrogens with one attached hydrogen (secondary N) is 3. The van der Waals surface area contributed by atoms with Crippen LogP contribution in [0.5, 0.6) is 5.75 Å². The van der Waals surface area contributed by atoms with Crippen LogP contribution in [0.1, 0.15) is 53.5 Å².